The molecule has 0 fully saturated rings. The van der Waals surface area contributed by atoms with Crippen LogP contribution in [0.15, 0.2) is 71.6 Å². The summed E-state index contributed by atoms with van der Waals surface area (Å²) in [5.41, 5.74) is 0.397. The van der Waals surface area contributed by atoms with Gasteiger partial charge < -0.3 is 5.32 Å². The monoisotopic (exact) mass is 468 g/mol. The maximum atomic E-state index is 12.6. The fraction of sp³-hybridized carbons (Fsp3) is 0.0952. The second-order valence-corrected chi connectivity index (χ2v) is 8.73. The van der Waals surface area contributed by atoms with Crippen LogP contribution < -0.4 is 10.0 Å². The van der Waals surface area contributed by atoms with Crippen LogP contribution in [0.5, 0.6) is 0 Å². The Hall–Kier alpha value is -3.04. The molecule has 0 aliphatic rings. The number of rotatable bonds is 5. The lowest BCUT2D eigenvalue weighted by molar-refractivity contribution is -0.137. The van der Waals surface area contributed by atoms with Gasteiger partial charge in [0.2, 0.25) is 0 Å². The molecule has 0 heterocycles. The smallest absolute Gasteiger partial charge is 0.322 e. The number of carbonyl (C=O) groups is 1. The maximum absolute atomic E-state index is 12.6. The average Bonchev–Trinajstić information content (AvgIpc) is 2.67. The van der Waals surface area contributed by atoms with Gasteiger partial charge in [-0.1, -0.05) is 29.3 Å². The van der Waals surface area contributed by atoms with E-state index in [-0.39, 0.29) is 26.9 Å². The second-order valence-electron chi connectivity index (χ2n) is 6.64. The van der Waals surface area contributed by atoms with Crippen LogP contribution in [0.25, 0.3) is 0 Å². The summed E-state index contributed by atoms with van der Waals surface area (Å²) in [6, 6.07) is 14.1. The van der Waals surface area contributed by atoms with Crippen LogP contribution in [-0.4, -0.2) is 14.3 Å². The zero-order valence-corrected chi connectivity index (χ0v) is 17.6. The number of sulfonamides is 1. The summed E-state index contributed by atoms with van der Waals surface area (Å²) in [6.07, 6.45) is -4.48. The first-order chi connectivity index (χ1) is 14.5. The molecule has 0 saturated carbocycles. The van der Waals surface area contributed by atoms with Crippen LogP contribution in [0, 0.1) is 6.92 Å². The number of amides is 1. The topological polar surface area (TPSA) is 75.3 Å². The van der Waals surface area contributed by atoms with Gasteiger partial charge in [-0.3, -0.25) is 9.52 Å². The van der Waals surface area contributed by atoms with Crippen LogP contribution >= 0.6 is 11.6 Å². The third kappa shape index (κ3) is 5.56. The minimum atomic E-state index is -4.48. The van der Waals surface area contributed by atoms with Gasteiger partial charge in [0.05, 0.1) is 26.7 Å². The molecule has 5 nitrogen and oxygen atoms in total. The molecule has 0 saturated heterocycles. The van der Waals surface area contributed by atoms with E-state index in [0.717, 1.165) is 29.8 Å². The predicted molar refractivity (Wildman–Crippen MR) is 113 cm³/mol. The molecule has 31 heavy (non-hydrogen) atoms. The summed E-state index contributed by atoms with van der Waals surface area (Å²) in [5, 5.41) is 2.41. The quantitative estimate of drug-likeness (QED) is 0.503. The highest BCUT2D eigenvalue weighted by atomic mass is 35.5. The summed E-state index contributed by atoms with van der Waals surface area (Å²) in [7, 11) is -3.85. The summed E-state index contributed by atoms with van der Waals surface area (Å²) < 4.78 is 65.2. The number of hydrogen-bond acceptors (Lipinski definition) is 3. The Labute approximate surface area is 181 Å². The molecule has 10 heteroatoms. The summed E-state index contributed by atoms with van der Waals surface area (Å²) in [4.78, 5) is 12.5. The molecule has 0 unspecified atom stereocenters. The SMILES string of the molecule is Cc1ccc(S(=O)(=O)Nc2ccc(C(=O)Nc3ccc(C(F)(F)F)cc3)c(Cl)c2)cc1. The van der Waals surface area contributed by atoms with Crippen molar-refractivity contribution in [3.05, 3.63) is 88.4 Å². The molecule has 162 valence electrons. The fourth-order valence-electron chi connectivity index (χ4n) is 2.64. The molecular formula is C21H16ClF3N2O3S. The molecule has 3 aromatic rings. The van der Waals surface area contributed by atoms with Gasteiger partial charge >= 0.3 is 6.18 Å². The van der Waals surface area contributed by atoms with Gasteiger partial charge in [-0.2, -0.15) is 13.2 Å². The van der Waals surface area contributed by atoms with Crippen LogP contribution in [0.2, 0.25) is 5.02 Å². The molecule has 0 atom stereocenters. The summed E-state index contributed by atoms with van der Waals surface area (Å²) in [6.45, 7) is 1.83. The Balaban J connectivity index is 1.74. The number of benzene rings is 3. The lowest BCUT2D eigenvalue weighted by atomic mass is 10.1. The van der Waals surface area contributed by atoms with Crippen LogP contribution in [0.1, 0.15) is 21.5 Å². The van der Waals surface area contributed by atoms with E-state index in [1.54, 1.807) is 12.1 Å². The van der Waals surface area contributed by atoms with Crippen molar-refractivity contribution < 1.29 is 26.4 Å². The van der Waals surface area contributed by atoms with E-state index in [9.17, 15) is 26.4 Å². The van der Waals surface area contributed by atoms with Gasteiger partial charge in [0.1, 0.15) is 0 Å². The number of hydrogen-bond donors (Lipinski definition) is 2. The Kier molecular flexibility index (Phi) is 6.28. The molecule has 3 aromatic carbocycles. The second kappa shape index (κ2) is 8.60. The van der Waals surface area contributed by atoms with E-state index in [1.165, 1.54) is 30.3 Å². The van der Waals surface area contributed by atoms with Gasteiger partial charge in [-0.25, -0.2) is 8.42 Å². The molecule has 1 amide bonds. The van der Waals surface area contributed by atoms with Crippen molar-refractivity contribution in [2.45, 2.75) is 18.0 Å². The van der Waals surface area contributed by atoms with E-state index < -0.39 is 27.7 Å². The van der Waals surface area contributed by atoms with Crippen LogP contribution in [0.3, 0.4) is 0 Å². The standard InChI is InChI=1S/C21H16ClF3N2O3S/c1-13-2-9-17(10-3-13)31(29,30)27-16-8-11-18(19(22)12-16)20(28)26-15-6-4-14(5-7-15)21(23,24)25/h2-12,27H,1H3,(H,26,28). The Morgan fingerprint density at radius 2 is 1.48 bits per heavy atom. The van der Waals surface area contributed by atoms with Gasteiger partial charge in [-0.15, -0.1) is 0 Å². The highest BCUT2D eigenvalue weighted by Gasteiger charge is 2.30. The highest BCUT2D eigenvalue weighted by Crippen LogP contribution is 2.30. The average molecular weight is 469 g/mol. The van der Waals surface area contributed by atoms with Crippen LogP contribution in [0.4, 0.5) is 24.5 Å². The van der Waals surface area contributed by atoms with E-state index >= 15 is 0 Å². The molecule has 0 aromatic heterocycles. The number of alkyl halides is 3. The number of aryl methyl sites for hydroxylation is 1. The largest absolute Gasteiger partial charge is 0.416 e. The fourth-order valence-corrected chi connectivity index (χ4v) is 3.95. The van der Waals surface area contributed by atoms with E-state index in [1.807, 2.05) is 6.92 Å². The third-order valence-corrected chi connectivity index (χ3v) is 5.98. The van der Waals surface area contributed by atoms with Crippen molar-refractivity contribution in [3.8, 4) is 0 Å². The van der Waals surface area contributed by atoms with Crippen molar-refractivity contribution in [3.63, 3.8) is 0 Å². The lowest BCUT2D eigenvalue weighted by Crippen LogP contribution is -2.15. The zero-order valence-electron chi connectivity index (χ0n) is 16.0. The summed E-state index contributed by atoms with van der Waals surface area (Å²) >= 11 is 6.13. The first-order valence-corrected chi connectivity index (χ1v) is 10.7. The third-order valence-electron chi connectivity index (χ3n) is 4.27. The van der Waals surface area contributed by atoms with Crippen molar-refractivity contribution in [2.75, 3.05) is 10.0 Å². The minimum absolute atomic E-state index is 0.0276. The minimum Gasteiger partial charge on any atom is -0.322 e. The van der Waals surface area contributed by atoms with Crippen LogP contribution in [-0.2, 0) is 16.2 Å². The maximum Gasteiger partial charge on any atom is 0.416 e. The molecule has 0 spiro atoms. The summed E-state index contributed by atoms with van der Waals surface area (Å²) in [5.74, 6) is -0.655. The van der Waals surface area contributed by atoms with Gasteiger partial charge in [-0.05, 0) is 61.5 Å². The lowest BCUT2D eigenvalue weighted by Gasteiger charge is -2.12. The number of nitrogens with one attached hydrogen (secondary N) is 2. The Bertz CT molecular complexity index is 1210. The van der Waals surface area contributed by atoms with Crippen molar-refractivity contribution in [1.82, 2.24) is 0 Å². The molecular weight excluding hydrogens is 453 g/mol. The van der Waals surface area contributed by atoms with Gasteiger partial charge in [0.15, 0.2) is 0 Å². The van der Waals surface area contributed by atoms with E-state index in [0.29, 0.717) is 0 Å². The van der Waals surface area contributed by atoms with E-state index in [2.05, 4.69) is 10.0 Å². The normalized spacial score (nSPS) is 11.8. The zero-order chi connectivity index (χ0) is 22.8. The molecule has 0 radical (unpaired) electrons. The molecule has 0 aliphatic heterocycles. The molecule has 0 bridgehead atoms. The number of carbonyl (C=O) groups excluding carboxylic acids is 1. The van der Waals surface area contributed by atoms with E-state index in [4.69, 9.17) is 11.6 Å². The van der Waals surface area contributed by atoms with Gasteiger partial charge in [0.25, 0.3) is 15.9 Å². The predicted octanol–water partition coefficient (Wildman–Crippen LogP) is 5.72. The Morgan fingerprint density at radius 1 is 0.903 bits per heavy atom. The highest BCUT2D eigenvalue weighted by molar-refractivity contribution is 7.92. The molecule has 3 rings (SSSR count). The Morgan fingerprint density at radius 3 is 2.03 bits per heavy atom. The molecule has 0 aliphatic carbocycles. The number of anilines is 2. The van der Waals surface area contributed by atoms with Crippen molar-refractivity contribution in [1.29, 1.82) is 0 Å². The first-order valence-electron chi connectivity index (χ1n) is 8.83. The van der Waals surface area contributed by atoms with Gasteiger partial charge in [0, 0.05) is 5.69 Å². The van der Waals surface area contributed by atoms with Crippen molar-refractivity contribution >= 4 is 38.9 Å². The van der Waals surface area contributed by atoms with Crippen molar-refractivity contribution in [2.24, 2.45) is 0 Å². The molecule has 2 N–H and O–H groups in total. The first kappa shape index (κ1) is 22.6. The number of halogens is 4.